The Bertz CT molecular complexity index is 179. The molecular formula is C13H28N2. The lowest BCUT2D eigenvalue weighted by Crippen LogP contribution is -2.47. The largest absolute Gasteiger partial charge is 0.315 e. The van der Waals surface area contributed by atoms with Crippen molar-refractivity contribution in [1.82, 2.24) is 10.2 Å². The summed E-state index contributed by atoms with van der Waals surface area (Å²) in [5, 5.41) is 3.46. The third-order valence-electron chi connectivity index (χ3n) is 3.88. The average molecular weight is 212 g/mol. The number of hydrogen-bond donors (Lipinski definition) is 1. The molecule has 0 aromatic heterocycles. The predicted octanol–water partition coefficient (Wildman–Crippen LogP) is 2.49. The number of rotatable bonds is 5. The lowest BCUT2D eigenvalue weighted by Gasteiger charge is -2.35. The SMILES string of the molecule is CNC1CCCC1N(C)C(C)CC(C)C. The number of likely N-dealkylation sites (N-methyl/N-ethyl adjacent to an activating group) is 2. The standard InChI is InChI=1S/C13H28N2/c1-10(2)9-11(3)15(5)13-8-6-7-12(13)14-4/h10-14H,6-9H2,1-5H3. The van der Waals surface area contributed by atoms with Gasteiger partial charge in [-0.25, -0.2) is 0 Å². The van der Waals surface area contributed by atoms with Gasteiger partial charge in [0.15, 0.2) is 0 Å². The molecule has 0 heterocycles. The quantitative estimate of drug-likeness (QED) is 0.753. The lowest BCUT2D eigenvalue weighted by atomic mass is 10.0. The molecule has 2 heteroatoms. The van der Waals surface area contributed by atoms with Gasteiger partial charge in [0, 0.05) is 18.1 Å². The number of nitrogens with zero attached hydrogens (tertiary/aromatic N) is 1. The zero-order chi connectivity index (χ0) is 11.4. The van der Waals surface area contributed by atoms with Crippen molar-refractivity contribution in [3.05, 3.63) is 0 Å². The molecule has 0 bridgehead atoms. The van der Waals surface area contributed by atoms with Crippen LogP contribution in [0.2, 0.25) is 0 Å². The van der Waals surface area contributed by atoms with Gasteiger partial charge in [-0.05, 0) is 46.2 Å². The van der Waals surface area contributed by atoms with E-state index in [0.717, 1.165) is 12.0 Å². The van der Waals surface area contributed by atoms with E-state index in [4.69, 9.17) is 0 Å². The highest BCUT2D eigenvalue weighted by Crippen LogP contribution is 2.25. The summed E-state index contributed by atoms with van der Waals surface area (Å²) in [6, 6.07) is 2.18. The maximum atomic E-state index is 3.46. The molecule has 3 atom stereocenters. The second-order valence-corrected chi connectivity index (χ2v) is 5.54. The predicted molar refractivity (Wildman–Crippen MR) is 67.2 cm³/mol. The molecule has 15 heavy (non-hydrogen) atoms. The average Bonchev–Trinajstić information content (AvgIpc) is 2.62. The van der Waals surface area contributed by atoms with Crippen molar-refractivity contribution in [1.29, 1.82) is 0 Å². The van der Waals surface area contributed by atoms with Crippen LogP contribution in [0.3, 0.4) is 0 Å². The molecule has 0 aliphatic heterocycles. The number of hydrogen-bond acceptors (Lipinski definition) is 2. The molecule has 1 saturated carbocycles. The molecule has 0 spiro atoms. The molecule has 1 aliphatic rings. The van der Waals surface area contributed by atoms with Crippen LogP contribution in [0, 0.1) is 5.92 Å². The fourth-order valence-electron chi connectivity index (χ4n) is 2.94. The zero-order valence-corrected chi connectivity index (χ0v) is 11.1. The van der Waals surface area contributed by atoms with Gasteiger partial charge in [0.05, 0.1) is 0 Å². The van der Waals surface area contributed by atoms with Gasteiger partial charge in [-0.2, -0.15) is 0 Å². The van der Waals surface area contributed by atoms with Gasteiger partial charge in [-0.3, -0.25) is 4.90 Å². The minimum Gasteiger partial charge on any atom is -0.315 e. The Morgan fingerprint density at radius 2 is 1.93 bits per heavy atom. The van der Waals surface area contributed by atoms with E-state index in [2.05, 4.69) is 45.1 Å². The summed E-state index contributed by atoms with van der Waals surface area (Å²) in [5.41, 5.74) is 0. The molecule has 0 amide bonds. The molecule has 0 aromatic carbocycles. The van der Waals surface area contributed by atoms with E-state index < -0.39 is 0 Å². The van der Waals surface area contributed by atoms with Gasteiger partial charge in [-0.15, -0.1) is 0 Å². The molecule has 0 saturated heterocycles. The van der Waals surface area contributed by atoms with E-state index >= 15 is 0 Å². The summed E-state index contributed by atoms with van der Waals surface area (Å²) in [6.07, 6.45) is 5.41. The molecule has 3 unspecified atom stereocenters. The van der Waals surface area contributed by atoms with Crippen LogP contribution in [0.5, 0.6) is 0 Å². The van der Waals surface area contributed by atoms with Crippen LogP contribution >= 0.6 is 0 Å². The van der Waals surface area contributed by atoms with Crippen molar-refractivity contribution in [2.75, 3.05) is 14.1 Å². The molecule has 0 aromatic rings. The van der Waals surface area contributed by atoms with Crippen LogP contribution in [0.25, 0.3) is 0 Å². The molecule has 1 aliphatic carbocycles. The van der Waals surface area contributed by atoms with Gasteiger partial charge < -0.3 is 5.32 Å². The second kappa shape index (κ2) is 5.86. The topological polar surface area (TPSA) is 15.3 Å². The summed E-state index contributed by atoms with van der Waals surface area (Å²) in [6.45, 7) is 6.99. The summed E-state index contributed by atoms with van der Waals surface area (Å²) in [7, 11) is 4.40. The molecule has 1 rings (SSSR count). The number of nitrogens with one attached hydrogen (secondary N) is 1. The van der Waals surface area contributed by atoms with Crippen LogP contribution in [0.1, 0.15) is 46.5 Å². The van der Waals surface area contributed by atoms with E-state index in [1.54, 1.807) is 0 Å². The molecule has 1 fully saturated rings. The molecule has 2 nitrogen and oxygen atoms in total. The molecule has 0 radical (unpaired) electrons. The van der Waals surface area contributed by atoms with E-state index in [9.17, 15) is 0 Å². The van der Waals surface area contributed by atoms with Crippen LogP contribution in [0.4, 0.5) is 0 Å². The highest BCUT2D eigenvalue weighted by Gasteiger charge is 2.31. The first-order valence-corrected chi connectivity index (χ1v) is 6.45. The third kappa shape index (κ3) is 3.46. The lowest BCUT2D eigenvalue weighted by molar-refractivity contribution is 0.148. The zero-order valence-electron chi connectivity index (χ0n) is 11.1. The maximum absolute atomic E-state index is 3.46. The Morgan fingerprint density at radius 1 is 1.27 bits per heavy atom. The minimum atomic E-state index is 0.712. The Balaban J connectivity index is 2.47. The fourth-order valence-corrected chi connectivity index (χ4v) is 2.94. The van der Waals surface area contributed by atoms with E-state index in [1.807, 2.05) is 0 Å². The van der Waals surface area contributed by atoms with E-state index in [-0.39, 0.29) is 0 Å². The highest BCUT2D eigenvalue weighted by atomic mass is 15.2. The maximum Gasteiger partial charge on any atom is 0.0249 e. The molecular weight excluding hydrogens is 184 g/mol. The Hall–Kier alpha value is -0.0800. The van der Waals surface area contributed by atoms with Crippen molar-refractivity contribution in [3.8, 4) is 0 Å². The van der Waals surface area contributed by atoms with Crippen molar-refractivity contribution < 1.29 is 0 Å². The Kier molecular flexibility index (Phi) is 5.07. The first-order chi connectivity index (χ1) is 7.06. The van der Waals surface area contributed by atoms with Crippen molar-refractivity contribution in [2.24, 2.45) is 5.92 Å². The van der Waals surface area contributed by atoms with Crippen LogP contribution in [-0.4, -0.2) is 37.1 Å². The van der Waals surface area contributed by atoms with Gasteiger partial charge in [0.1, 0.15) is 0 Å². The summed E-state index contributed by atoms with van der Waals surface area (Å²) >= 11 is 0. The fraction of sp³-hybridized carbons (Fsp3) is 1.00. The Morgan fingerprint density at radius 3 is 2.47 bits per heavy atom. The van der Waals surface area contributed by atoms with E-state index in [1.165, 1.54) is 25.7 Å². The van der Waals surface area contributed by atoms with Gasteiger partial charge in [-0.1, -0.05) is 20.3 Å². The normalized spacial score (nSPS) is 29.0. The first kappa shape index (κ1) is 13.0. The van der Waals surface area contributed by atoms with Crippen LogP contribution in [-0.2, 0) is 0 Å². The second-order valence-electron chi connectivity index (χ2n) is 5.54. The van der Waals surface area contributed by atoms with Crippen molar-refractivity contribution >= 4 is 0 Å². The Labute approximate surface area is 95.4 Å². The van der Waals surface area contributed by atoms with Crippen molar-refractivity contribution in [3.63, 3.8) is 0 Å². The van der Waals surface area contributed by atoms with E-state index in [0.29, 0.717) is 12.1 Å². The van der Waals surface area contributed by atoms with Gasteiger partial charge in [0.25, 0.3) is 0 Å². The van der Waals surface area contributed by atoms with Crippen LogP contribution in [0.15, 0.2) is 0 Å². The minimum absolute atomic E-state index is 0.712. The first-order valence-electron chi connectivity index (χ1n) is 6.45. The molecule has 1 N–H and O–H groups in total. The highest BCUT2D eigenvalue weighted by molar-refractivity contribution is 4.90. The van der Waals surface area contributed by atoms with Gasteiger partial charge >= 0.3 is 0 Å². The third-order valence-corrected chi connectivity index (χ3v) is 3.88. The summed E-state index contributed by atoms with van der Waals surface area (Å²) < 4.78 is 0. The van der Waals surface area contributed by atoms with Crippen LogP contribution < -0.4 is 5.32 Å². The van der Waals surface area contributed by atoms with Gasteiger partial charge in [0.2, 0.25) is 0 Å². The summed E-state index contributed by atoms with van der Waals surface area (Å²) in [4.78, 5) is 2.59. The van der Waals surface area contributed by atoms with Crippen molar-refractivity contribution in [2.45, 2.75) is 64.6 Å². The monoisotopic (exact) mass is 212 g/mol. The smallest absolute Gasteiger partial charge is 0.0249 e. The summed E-state index contributed by atoms with van der Waals surface area (Å²) in [5.74, 6) is 0.803. The molecule has 90 valence electrons.